The van der Waals surface area contributed by atoms with E-state index in [-0.39, 0.29) is 17.5 Å². The largest absolute Gasteiger partial charge is 0.497 e. The fraction of sp³-hybridized carbons (Fsp3) is 0.333. The summed E-state index contributed by atoms with van der Waals surface area (Å²) in [4.78, 5) is 2.66. The minimum atomic E-state index is -3.68. The van der Waals surface area contributed by atoms with Crippen LogP contribution in [0.5, 0.6) is 5.75 Å². The third kappa shape index (κ3) is 5.18. The quantitative estimate of drug-likeness (QED) is 0.527. The number of rotatable bonds is 8. The molecule has 2 heterocycles. The second kappa shape index (κ2) is 9.68. The van der Waals surface area contributed by atoms with E-state index in [0.29, 0.717) is 11.5 Å². The highest BCUT2D eigenvalue weighted by Crippen LogP contribution is 2.28. The molecule has 1 aliphatic heterocycles. The lowest BCUT2D eigenvalue weighted by Crippen LogP contribution is -2.46. The van der Waals surface area contributed by atoms with Crippen molar-refractivity contribution in [3.8, 4) is 5.75 Å². The van der Waals surface area contributed by atoms with Crippen LogP contribution in [0.3, 0.4) is 0 Å². The van der Waals surface area contributed by atoms with Gasteiger partial charge in [0.2, 0.25) is 10.0 Å². The van der Waals surface area contributed by atoms with Gasteiger partial charge in [-0.15, -0.1) is 0 Å². The number of ether oxygens (including phenoxy) is 1. The molecule has 0 saturated carbocycles. The second-order valence-electron chi connectivity index (χ2n) is 7.80. The van der Waals surface area contributed by atoms with E-state index in [2.05, 4.69) is 29.2 Å². The fourth-order valence-corrected chi connectivity index (χ4v) is 5.71. The molecule has 7 heteroatoms. The average molecular weight is 441 g/mol. The molecule has 2 aromatic carbocycles. The Balaban J connectivity index is 1.51. The van der Waals surface area contributed by atoms with Crippen LogP contribution in [0.25, 0.3) is 0 Å². The number of piperidine rings is 1. The van der Waals surface area contributed by atoms with Crippen molar-refractivity contribution in [3.05, 3.63) is 84.3 Å². The number of hydrogen-bond acceptors (Lipinski definition) is 5. The Kier molecular flexibility index (Phi) is 6.75. The van der Waals surface area contributed by atoms with E-state index in [0.717, 1.165) is 32.5 Å². The van der Waals surface area contributed by atoms with E-state index in [1.807, 2.05) is 12.1 Å². The van der Waals surface area contributed by atoms with Gasteiger partial charge in [-0.1, -0.05) is 30.3 Å². The summed E-state index contributed by atoms with van der Waals surface area (Å²) in [6.07, 6.45) is 3.14. The van der Waals surface area contributed by atoms with Crippen LogP contribution in [0.15, 0.2) is 82.3 Å². The highest BCUT2D eigenvalue weighted by Gasteiger charge is 2.34. The predicted molar refractivity (Wildman–Crippen MR) is 119 cm³/mol. The van der Waals surface area contributed by atoms with Crippen LogP contribution < -0.4 is 4.74 Å². The van der Waals surface area contributed by atoms with Gasteiger partial charge in [0.15, 0.2) is 0 Å². The number of likely N-dealkylation sites (tertiary alicyclic amines) is 1. The summed E-state index contributed by atoms with van der Waals surface area (Å²) >= 11 is 0. The zero-order valence-corrected chi connectivity index (χ0v) is 18.5. The minimum absolute atomic E-state index is 0.0794. The van der Waals surface area contributed by atoms with Gasteiger partial charge in [0, 0.05) is 25.7 Å². The first kappa shape index (κ1) is 21.6. The molecule has 31 heavy (non-hydrogen) atoms. The smallest absolute Gasteiger partial charge is 0.243 e. The van der Waals surface area contributed by atoms with Crippen molar-refractivity contribution in [1.82, 2.24) is 9.21 Å². The Labute approximate surface area is 184 Å². The van der Waals surface area contributed by atoms with E-state index in [9.17, 15) is 8.42 Å². The third-order valence-electron chi connectivity index (χ3n) is 5.77. The van der Waals surface area contributed by atoms with Crippen LogP contribution in [0, 0.1) is 0 Å². The van der Waals surface area contributed by atoms with Crippen molar-refractivity contribution in [3.63, 3.8) is 0 Å². The summed E-state index contributed by atoms with van der Waals surface area (Å²) in [6.45, 7) is 2.82. The molecule has 3 aromatic rings. The maximum absolute atomic E-state index is 13.6. The van der Waals surface area contributed by atoms with Gasteiger partial charge in [-0.05, 0) is 54.8 Å². The van der Waals surface area contributed by atoms with Gasteiger partial charge >= 0.3 is 0 Å². The number of hydrogen-bond donors (Lipinski definition) is 0. The Morgan fingerprint density at radius 1 is 1.00 bits per heavy atom. The number of benzene rings is 2. The molecule has 0 unspecified atom stereocenters. The zero-order valence-electron chi connectivity index (χ0n) is 17.7. The van der Waals surface area contributed by atoms with Crippen LogP contribution >= 0.6 is 0 Å². The third-order valence-corrected chi connectivity index (χ3v) is 7.68. The molecule has 6 nitrogen and oxygen atoms in total. The molecular weight excluding hydrogens is 412 g/mol. The summed E-state index contributed by atoms with van der Waals surface area (Å²) in [5.74, 6) is 1.27. The monoisotopic (exact) mass is 440 g/mol. The van der Waals surface area contributed by atoms with Crippen LogP contribution in [0.1, 0.15) is 24.2 Å². The summed E-state index contributed by atoms with van der Waals surface area (Å²) in [5, 5.41) is 0. The SMILES string of the molecule is COc1ccc(S(=O)(=O)N(Cc2ccco2)C2CCN(Cc3ccccc3)CC2)cc1. The Morgan fingerprint density at radius 2 is 1.71 bits per heavy atom. The molecule has 1 aliphatic rings. The van der Waals surface area contributed by atoms with Crippen LogP contribution in [0.4, 0.5) is 0 Å². The average Bonchev–Trinajstić information content (AvgIpc) is 3.32. The van der Waals surface area contributed by atoms with E-state index < -0.39 is 10.0 Å². The minimum Gasteiger partial charge on any atom is -0.497 e. The molecule has 1 fully saturated rings. The molecule has 1 aromatic heterocycles. The summed E-state index contributed by atoms with van der Waals surface area (Å²) in [5.41, 5.74) is 1.28. The van der Waals surface area contributed by atoms with Gasteiger partial charge in [-0.3, -0.25) is 4.90 Å². The molecule has 0 radical (unpaired) electrons. The van der Waals surface area contributed by atoms with Gasteiger partial charge in [-0.25, -0.2) is 8.42 Å². The number of nitrogens with zero attached hydrogens (tertiary/aromatic N) is 2. The summed E-state index contributed by atoms with van der Waals surface area (Å²) in [7, 11) is -2.11. The molecular formula is C24H28N2O4S. The lowest BCUT2D eigenvalue weighted by Gasteiger charge is -2.37. The lowest BCUT2D eigenvalue weighted by molar-refractivity contribution is 0.147. The molecule has 4 rings (SSSR count). The molecule has 0 aliphatic carbocycles. The Bertz CT molecular complexity index is 1040. The first-order chi connectivity index (χ1) is 15.1. The molecule has 1 saturated heterocycles. The van der Waals surface area contributed by atoms with E-state index in [1.54, 1.807) is 48.0 Å². The zero-order chi connectivity index (χ0) is 21.7. The first-order valence-corrected chi connectivity index (χ1v) is 11.9. The van der Waals surface area contributed by atoms with Gasteiger partial charge in [-0.2, -0.15) is 4.31 Å². The Morgan fingerprint density at radius 3 is 2.32 bits per heavy atom. The van der Waals surface area contributed by atoms with Crippen molar-refractivity contribution in [2.45, 2.75) is 36.9 Å². The first-order valence-electron chi connectivity index (χ1n) is 10.5. The summed E-state index contributed by atoms with van der Waals surface area (Å²) in [6, 6.07) is 20.5. The Hall–Kier alpha value is -2.61. The van der Waals surface area contributed by atoms with Crippen molar-refractivity contribution < 1.29 is 17.6 Å². The molecule has 0 spiro atoms. The molecule has 0 atom stereocenters. The maximum atomic E-state index is 13.6. The highest BCUT2D eigenvalue weighted by molar-refractivity contribution is 7.89. The van der Waals surface area contributed by atoms with E-state index in [4.69, 9.17) is 9.15 Å². The van der Waals surface area contributed by atoms with E-state index >= 15 is 0 Å². The topological polar surface area (TPSA) is 63.0 Å². The maximum Gasteiger partial charge on any atom is 0.243 e. The molecule has 0 amide bonds. The van der Waals surface area contributed by atoms with Crippen molar-refractivity contribution in [2.24, 2.45) is 0 Å². The molecule has 0 N–H and O–H groups in total. The standard InChI is InChI=1S/C24H28N2O4S/c1-29-22-9-11-24(12-10-22)31(27,28)26(19-23-8-5-17-30-23)21-13-15-25(16-14-21)18-20-6-3-2-4-7-20/h2-12,17,21H,13-16,18-19H2,1H3. The summed E-state index contributed by atoms with van der Waals surface area (Å²) < 4.78 is 39.4. The lowest BCUT2D eigenvalue weighted by atomic mass is 10.0. The van der Waals surface area contributed by atoms with Gasteiger partial charge in [0.1, 0.15) is 11.5 Å². The van der Waals surface area contributed by atoms with E-state index in [1.165, 1.54) is 5.56 Å². The second-order valence-corrected chi connectivity index (χ2v) is 9.69. The number of furan rings is 1. The van der Waals surface area contributed by atoms with Gasteiger partial charge < -0.3 is 9.15 Å². The van der Waals surface area contributed by atoms with Crippen molar-refractivity contribution >= 4 is 10.0 Å². The van der Waals surface area contributed by atoms with Crippen molar-refractivity contribution in [2.75, 3.05) is 20.2 Å². The predicted octanol–water partition coefficient (Wildman–Crippen LogP) is 4.14. The molecule has 0 bridgehead atoms. The number of methoxy groups -OCH3 is 1. The van der Waals surface area contributed by atoms with Gasteiger partial charge in [0.25, 0.3) is 0 Å². The number of sulfonamides is 1. The van der Waals surface area contributed by atoms with Crippen molar-refractivity contribution in [1.29, 1.82) is 0 Å². The normalized spacial score (nSPS) is 15.9. The van der Waals surface area contributed by atoms with Crippen LogP contribution in [0.2, 0.25) is 0 Å². The fourth-order valence-electron chi connectivity index (χ4n) is 4.06. The van der Waals surface area contributed by atoms with Crippen LogP contribution in [-0.2, 0) is 23.1 Å². The molecule has 164 valence electrons. The van der Waals surface area contributed by atoms with Gasteiger partial charge in [0.05, 0.1) is 24.8 Å². The van der Waals surface area contributed by atoms with Crippen LogP contribution in [-0.4, -0.2) is 43.9 Å². The highest BCUT2D eigenvalue weighted by atomic mass is 32.2.